The lowest BCUT2D eigenvalue weighted by molar-refractivity contribution is -0.144. The molecule has 6 aromatic rings. The number of Topliss-reactive ketones (excluding diaryl/α,β-unsaturated/α-hetero) is 3. The van der Waals surface area contributed by atoms with E-state index in [0.717, 1.165) is 53.8 Å². The lowest BCUT2D eigenvalue weighted by Gasteiger charge is -2.34. The molecule has 35 heteroatoms. The number of hydrogen-bond donors (Lipinski definition) is 2. The molecule has 5 aromatic carbocycles. The summed E-state index contributed by atoms with van der Waals surface area (Å²) in [5, 5.41) is 28.1. The van der Waals surface area contributed by atoms with Gasteiger partial charge in [0.1, 0.15) is 51.3 Å². The smallest absolute Gasteiger partial charge is 0.410 e. The highest BCUT2D eigenvalue weighted by Crippen LogP contribution is 2.47. The number of amides is 3. The monoisotopic (exact) mass is 1950 g/mol. The molecule has 8 aliphatic rings. The number of aliphatic carboxylic acids is 1. The molecule has 9 heterocycles. The van der Waals surface area contributed by atoms with E-state index in [1.807, 2.05) is 32.9 Å². The van der Waals surface area contributed by atoms with E-state index in [0.29, 0.717) is 138 Å². The van der Waals surface area contributed by atoms with Crippen LogP contribution in [-0.4, -0.2) is 157 Å². The van der Waals surface area contributed by atoms with Crippen molar-refractivity contribution in [2.24, 2.45) is 17.0 Å². The molecule has 0 saturated carbocycles. The number of ketones is 3. The Kier molecular flexibility index (Phi) is 28.0. The Labute approximate surface area is 705 Å². The molecule has 3 amide bonds. The summed E-state index contributed by atoms with van der Waals surface area (Å²) in [7, 11) is 0. The summed E-state index contributed by atoms with van der Waals surface area (Å²) >= 11 is 52.2. The number of oxime groups is 1. The summed E-state index contributed by atoms with van der Waals surface area (Å²) < 4.78 is 53.9. The van der Waals surface area contributed by atoms with Crippen LogP contribution in [0.15, 0.2) is 92.7 Å². The number of benzene rings is 5. The first kappa shape index (κ1) is 86.3. The van der Waals surface area contributed by atoms with Gasteiger partial charge in [0.05, 0.1) is 52.1 Å². The van der Waals surface area contributed by atoms with E-state index in [4.69, 9.17) is 117 Å². The first-order chi connectivity index (χ1) is 51.5. The molecule has 2 fully saturated rings. The molecule has 0 aliphatic carbocycles. The second kappa shape index (κ2) is 35.7. The number of piperidine rings is 2. The Bertz CT molecular complexity index is 4590. The first-order valence-electron chi connectivity index (χ1n) is 34.4. The summed E-state index contributed by atoms with van der Waals surface area (Å²) in [5.74, 6) is 0.519. The summed E-state index contributed by atoms with van der Waals surface area (Å²) in [6.07, 6.45) is -1.23. The number of fused-ring (bicyclic) bond motifs is 6. The van der Waals surface area contributed by atoms with Crippen molar-refractivity contribution >= 4 is 202 Å². The van der Waals surface area contributed by atoms with Gasteiger partial charge in [0, 0.05) is 143 Å². The predicted molar refractivity (Wildman–Crippen MR) is 427 cm³/mol. The minimum Gasteiger partial charge on any atom is -0.481 e. The van der Waals surface area contributed by atoms with E-state index in [1.54, 1.807) is 95.0 Å². The van der Waals surface area contributed by atoms with Gasteiger partial charge in [-0.25, -0.2) is 19.2 Å². The highest BCUT2D eigenvalue weighted by Gasteiger charge is 2.45. The summed E-state index contributed by atoms with van der Waals surface area (Å²) in [5.41, 5.74) is 4.74. The molecule has 7 atom stereocenters. The fraction of sp³-hybridized carbons (Fsp3) is 0.440. The van der Waals surface area contributed by atoms with Gasteiger partial charge in [-0.3, -0.25) is 19.2 Å². The molecular formula is C75H74Br5Cl6N5O19. The molecule has 0 spiro atoms. The molecule has 590 valence electrons. The minimum atomic E-state index is -0.954. The molecule has 110 heavy (non-hydrogen) atoms. The Morgan fingerprint density at radius 3 is 1.24 bits per heavy atom. The summed E-state index contributed by atoms with van der Waals surface area (Å²) in [6, 6.07) is 17.6. The standard InChI is InChI=1S/C19H22BrClN2O5.C19H20BrClN2O4.C19H21BrClNO5.C9H5BrCl2O2.C9H6BrClO3/c1-19(2,3)28-18(25)23-5-4-14(22-26)12(9-23)16(24)15-7-10-6-11(21)8-13(20)17(10)27-15;1-19(2,3)26-18(24)23-5-4-14-12(9-23)17(27-22-14)15-7-10-6-11(21)8-13(20)16(10)25-15;1-19(2,3)27-18(25)22-5-4-14(23)12(9-22)16(24)15-7-10-6-11(21)8-13(20)17(10)26-15;2*10-6-3-5(11)1-4-2-7(9(12)13)14-8(4)6/h6,8,12,15,26H,4-5,7,9H2,1-3H3;6,8,15H,4-5,7,9H2,1-3H3;6,8,12,15H,4-5,7,9H2,1-3H3;1,3,7H,2H2;1,3,7H,2H2,(H,12,13)/b22-14-;;;;/t12?,15-;15-;12?,15-;2*7-/m11111/s1. The van der Waals surface area contributed by atoms with Crippen molar-refractivity contribution in [2.75, 3.05) is 32.7 Å². The normalized spacial score (nSPS) is 20.8. The van der Waals surface area contributed by atoms with Gasteiger partial charge >= 0.3 is 24.2 Å². The van der Waals surface area contributed by atoms with Gasteiger partial charge in [0.2, 0.25) is 0 Å². The molecule has 14 rings (SSSR count). The van der Waals surface area contributed by atoms with Gasteiger partial charge in [0.25, 0.3) is 5.24 Å². The lowest BCUT2D eigenvalue weighted by Crippen LogP contribution is -2.50. The van der Waals surface area contributed by atoms with Crippen LogP contribution in [-0.2, 0) is 83.3 Å². The topological polar surface area (TPSA) is 299 Å². The van der Waals surface area contributed by atoms with Crippen molar-refractivity contribution in [3.63, 3.8) is 0 Å². The van der Waals surface area contributed by atoms with Gasteiger partial charge < -0.3 is 67.4 Å². The summed E-state index contributed by atoms with van der Waals surface area (Å²) in [6.45, 7) is 17.9. The van der Waals surface area contributed by atoms with Crippen LogP contribution in [0.4, 0.5) is 14.4 Å². The quantitative estimate of drug-likeness (QED) is 0.0493. The van der Waals surface area contributed by atoms with Crippen molar-refractivity contribution in [3.8, 4) is 28.7 Å². The first-order valence-corrected chi connectivity index (χ1v) is 40.6. The van der Waals surface area contributed by atoms with E-state index >= 15 is 0 Å². The molecule has 2 unspecified atom stereocenters. The van der Waals surface area contributed by atoms with E-state index in [1.165, 1.54) is 9.80 Å². The number of nitrogens with zero attached hydrogens (tertiary/aromatic N) is 5. The van der Waals surface area contributed by atoms with Crippen LogP contribution in [0.3, 0.4) is 0 Å². The Morgan fingerprint density at radius 2 is 0.827 bits per heavy atom. The van der Waals surface area contributed by atoms with Crippen molar-refractivity contribution in [2.45, 2.75) is 168 Å². The van der Waals surface area contributed by atoms with E-state index in [-0.39, 0.29) is 55.6 Å². The summed E-state index contributed by atoms with van der Waals surface area (Å²) in [4.78, 5) is 102. The zero-order valence-electron chi connectivity index (χ0n) is 60.4. The fourth-order valence-corrected chi connectivity index (χ4v) is 17.8. The van der Waals surface area contributed by atoms with Crippen molar-refractivity contribution < 1.29 is 91.1 Å². The second-order valence-corrected chi connectivity index (χ2v) is 36.3. The number of aromatic nitrogens is 1. The largest absolute Gasteiger partial charge is 0.481 e. The number of likely N-dealkylation sites (tertiary alicyclic amines) is 2. The molecule has 24 nitrogen and oxygen atoms in total. The van der Waals surface area contributed by atoms with Crippen molar-refractivity contribution in [1.29, 1.82) is 0 Å². The van der Waals surface area contributed by atoms with E-state index in [9.17, 15) is 43.6 Å². The number of carboxylic acids is 1. The van der Waals surface area contributed by atoms with Gasteiger partial charge in [0.15, 0.2) is 47.8 Å². The molecule has 2 N–H and O–H groups in total. The van der Waals surface area contributed by atoms with E-state index < -0.39 is 76.5 Å². The molecule has 1 aromatic heterocycles. The number of carbonyl (C=O) groups excluding carboxylic acids is 7. The highest BCUT2D eigenvalue weighted by atomic mass is 79.9. The van der Waals surface area contributed by atoms with Crippen LogP contribution in [0.2, 0.25) is 25.1 Å². The fourth-order valence-electron chi connectivity index (χ4n) is 12.8. The van der Waals surface area contributed by atoms with Crippen LogP contribution >= 0.6 is 149 Å². The van der Waals surface area contributed by atoms with Gasteiger partial charge in [-0.05, 0) is 214 Å². The molecule has 8 aliphatic heterocycles. The second-order valence-electron chi connectivity index (χ2n) is 29.5. The Hall–Kier alpha value is -6.12. The lowest BCUT2D eigenvalue weighted by atomic mass is 9.88. The van der Waals surface area contributed by atoms with Crippen LogP contribution < -0.4 is 23.7 Å². The maximum absolute atomic E-state index is 13.1. The van der Waals surface area contributed by atoms with Crippen LogP contribution in [0, 0.1) is 11.8 Å². The zero-order valence-corrected chi connectivity index (χ0v) is 72.9. The maximum atomic E-state index is 13.1. The van der Waals surface area contributed by atoms with Crippen molar-refractivity contribution in [3.05, 3.63) is 153 Å². The number of rotatable bonds is 7. The number of ether oxygens (including phenoxy) is 8. The number of carboxylic acid groups (broad SMARTS) is 1. The number of halogens is 11. The molecule has 2 saturated heterocycles. The van der Waals surface area contributed by atoms with Crippen LogP contribution in [0.25, 0.3) is 0 Å². The molecule has 0 bridgehead atoms. The van der Waals surface area contributed by atoms with Crippen LogP contribution in [0.5, 0.6) is 28.7 Å². The SMILES string of the molecule is CC(C)(C)OC(=O)N1CC/C(=N/O)C(C(=O)[C@H]2Cc3cc(Cl)cc(Br)c3O2)C1.CC(C)(C)OC(=O)N1CCC(=O)C(C(=O)[C@H]2Cc3cc(Cl)cc(Br)c3O2)C1.CC(C)(C)OC(=O)N1CCc2noc([C@H]3Cc4cc(Cl)cc(Br)c4O3)c2C1.O=C(Cl)[C@H]1Cc2cc(Cl)cc(Br)c2O1.O=C(O)[C@H]1Cc2cc(Cl)cc(Br)c2O1. The average Bonchev–Trinajstić information content (AvgIpc) is 1.64. The average molecular weight is 1960 g/mol. The van der Waals surface area contributed by atoms with Crippen LogP contribution in [0.1, 0.15) is 126 Å². The molecule has 0 radical (unpaired) electrons. The van der Waals surface area contributed by atoms with Gasteiger partial charge in [-0.15, -0.1) is 0 Å². The Morgan fingerprint density at radius 1 is 0.482 bits per heavy atom. The van der Waals surface area contributed by atoms with Gasteiger partial charge in [-0.2, -0.15) is 0 Å². The zero-order chi connectivity index (χ0) is 80.5. The van der Waals surface area contributed by atoms with E-state index in [2.05, 4.69) is 90.0 Å². The third kappa shape index (κ3) is 21.6. The third-order valence-electron chi connectivity index (χ3n) is 17.7. The minimum absolute atomic E-state index is 0.0186. The third-order valence-corrected chi connectivity index (χ3v) is 22.0. The Balaban J connectivity index is 0.000000150. The maximum Gasteiger partial charge on any atom is 0.410 e. The van der Waals surface area contributed by atoms with Crippen molar-refractivity contribution in [1.82, 2.24) is 19.9 Å². The predicted octanol–water partition coefficient (Wildman–Crippen LogP) is 18.6. The van der Waals surface area contributed by atoms with Gasteiger partial charge in [-0.1, -0.05) is 68.3 Å². The number of carbonyl (C=O) groups is 8. The molecular weight excluding hydrogens is 1890 g/mol. The number of hydrogen-bond acceptors (Lipinski definition) is 20. The highest BCUT2D eigenvalue weighted by molar-refractivity contribution is 9.11.